The molecule has 4 nitrogen and oxygen atoms in total. The van der Waals surface area contributed by atoms with E-state index in [1.807, 2.05) is 12.3 Å². The van der Waals surface area contributed by atoms with Crippen molar-refractivity contribution >= 4 is 38.9 Å². The van der Waals surface area contributed by atoms with Gasteiger partial charge in [-0.3, -0.25) is 4.79 Å². The van der Waals surface area contributed by atoms with E-state index in [-0.39, 0.29) is 11.8 Å². The number of hydrogen-bond acceptors (Lipinski definition) is 4. The minimum Gasteiger partial charge on any atom is -0.399 e. The number of nitrogens with one attached hydrogen (secondary N) is 1. The number of halogens is 1. The van der Waals surface area contributed by atoms with Crippen LogP contribution >= 0.6 is 27.3 Å². The first kappa shape index (κ1) is 14.0. The maximum Gasteiger partial charge on any atom is 0.252 e. The Morgan fingerprint density at radius 3 is 3.05 bits per heavy atom. The topological polar surface area (TPSA) is 68.0 Å². The molecule has 0 fully saturated rings. The molecule has 2 rings (SSSR count). The van der Waals surface area contributed by atoms with Crippen molar-refractivity contribution in [3.63, 3.8) is 0 Å². The molecule has 0 aliphatic heterocycles. The van der Waals surface area contributed by atoms with Crippen LogP contribution in [-0.2, 0) is 0 Å². The Bertz CT molecular complexity index is 571. The number of nitrogens with zero attached hydrogens (tertiary/aromatic N) is 1. The molecular formula is C13H14BrN3OS. The molecule has 2 aromatic rings. The fourth-order valence-corrected chi connectivity index (χ4v) is 2.75. The summed E-state index contributed by atoms with van der Waals surface area (Å²) >= 11 is 4.94. The van der Waals surface area contributed by atoms with Crippen molar-refractivity contribution in [1.82, 2.24) is 10.3 Å². The van der Waals surface area contributed by atoms with Crippen LogP contribution < -0.4 is 11.1 Å². The van der Waals surface area contributed by atoms with Gasteiger partial charge in [0.05, 0.1) is 10.6 Å². The highest BCUT2D eigenvalue weighted by Crippen LogP contribution is 2.20. The van der Waals surface area contributed by atoms with Crippen LogP contribution in [0.4, 0.5) is 5.69 Å². The second-order valence-corrected chi connectivity index (χ2v) is 6.00. The van der Waals surface area contributed by atoms with Gasteiger partial charge in [-0.15, -0.1) is 11.3 Å². The Morgan fingerprint density at radius 1 is 1.58 bits per heavy atom. The third-order valence-corrected chi connectivity index (χ3v) is 4.38. The zero-order valence-corrected chi connectivity index (χ0v) is 12.8. The van der Waals surface area contributed by atoms with Crippen molar-refractivity contribution in [2.45, 2.75) is 12.8 Å². The third-order valence-electron chi connectivity index (χ3n) is 2.68. The molecular weight excluding hydrogens is 326 g/mol. The van der Waals surface area contributed by atoms with Gasteiger partial charge in [0.2, 0.25) is 0 Å². The van der Waals surface area contributed by atoms with Crippen LogP contribution in [0.15, 0.2) is 34.2 Å². The summed E-state index contributed by atoms with van der Waals surface area (Å²) in [5, 5.41) is 5.85. The Labute approximate surface area is 124 Å². The van der Waals surface area contributed by atoms with Gasteiger partial charge in [-0.1, -0.05) is 6.92 Å². The predicted molar refractivity (Wildman–Crippen MR) is 81.4 cm³/mol. The Hall–Kier alpha value is -1.40. The molecule has 1 aromatic carbocycles. The fourth-order valence-electron chi connectivity index (χ4n) is 1.62. The van der Waals surface area contributed by atoms with Gasteiger partial charge in [0.1, 0.15) is 0 Å². The normalized spacial score (nSPS) is 12.1. The highest BCUT2D eigenvalue weighted by atomic mass is 79.9. The van der Waals surface area contributed by atoms with Crippen LogP contribution in [-0.4, -0.2) is 17.4 Å². The van der Waals surface area contributed by atoms with E-state index in [1.165, 1.54) is 0 Å². The number of thiazole rings is 1. The van der Waals surface area contributed by atoms with Gasteiger partial charge in [-0.05, 0) is 34.1 Å². The molecule has 1 unspecified atom stereocenters. The van der Waals surface area contributed by atoms with Crippen molar-refractivity contribution in [3.8, 4) is 0 Å². The molecule has 0 radical (unpaired) electrons. The van der Waals surface area contributed by atoms with Crippen LogP contribution in [0.25, 0.3) is 0 Å². The molecule has 0 saturated heterocycles. The first-order chi connectivity index (χ1) is 9.08. The average Bonchev–Trinajstić information content (AvgIpc) is 2.92. The molecule has 1 heterocycles. The molecule has 19 heavy (non-hydrogen) atoms. The maximum atomic E-state index is 12.1. The van der Waals surface area contributed by atoms with Crippen LogP contribution in [0.3, 0.4) is 0 Å². The van der Waals surface area contributed by atoms with Gasteiger partial charge in [0.15, 0.2) is 0 Å². The van der Waals surface area contributed by atoms with Crippen LogP contribution in [0, 0.1) is 0 Å². The highest BCUT2D eigenvalue weighted by molar-refractivity contribution is 9.10. The third kappa shape index (κ3) is 3.54. The molecule has 3 N–H and O–H groups in total. The lowest BCUT2D eigenvalue weighted by molar-refractivity contribution is 0.0951. The van der Waals surface area contributed by atoms with E-state index >= 15 is 0 Å². The second kappa shape index (κ2) is 6.16. The minimum atomic E-state index is -0.136. The van der Waals surface area contributed by atoms with E-state index in [9.17, 15) is 4.79 Å². The molecule has 0 saturated carbocycles. The van der Waals surface area contributed by atoms with Crippen molar-refractivity contribution in [1.29, 1.82) is 0 Å². The zero-order chi connectivity index (χ0) is 13.8. The van der Waals surface area contributed by atoms with Crippen molar-refractivity contribution in [2.24, 2.45) is 0 Å². The second-order valence-electron chi connectivity index (χ2n) is 4.22. The summed E-state index contributed by atoms with van der Waals surface area (Å²) in [7, 11) is 0. The molecule has 1 aromatic heterocycles. The van der Waals surface area contributed by atoms with Gasteiger partial charge in [0, 0.05) is 34.2 Å². The predicted octanol–water partition coefficient (Wildman–Crippen LogP) is 3.02. The number of carbonyl (C=O) groups is 1. The summed E-state index contributed by atoms with van der Waals surface area (Å²) in [6.07, 6.45) is 1.77. The monoisotopic (exact) mass is 339 g/mol. The molecule has 0 aliphatic carbocycles. The summed E-state index contributed by atoms with van der Waals surface area (Å²) in [6, 6.07) is 5.18. The highest BCUT2D eigenvalue weighted by Gasteiger charge is 2.13. The van der Waals surface area contributed by atoms with E-state index in [2.05, 4.69) is 26.2 Å². The van der Waals surface area contributed by atoms with Crippen LogP contribution in [0.1, 0.15) is 28.2 Å². The largest absolute Gasteiger partial charge is 0.399 e. The van der Waals surface area contributed by atoms with Crippen LogP contribution in [0.5, 0.6) is 0 Å². The molecule has 1 atom stereocenters. The standard InChI is InChI=1S/C13H14BrN3OS/c1-8(13-16-4-5-19-13)7-17-12(18)10-6-9(15)2-3-11(10)14/h2-6,8H,7,15H2,1H3,(H,17,18). The molecule has 6 heteroatoms. The summed E-state index contributed by atoms with van der Waals surface area (Å²) in [5.74, 6) is 0.0614. The lowest BCUT2D eigenvalue weighted by Crippen LogP contribution is -2.27. The lowest BCUT2D eigenvalue weighted by atomic mass is 10.1. The van der Waals surface area contributed by atoms with Crippen molar-refractivity contribution in [3.05, 3.63) is 44.8 Å². The number of nitrogen functional groups attached to an aromatic ring is 1. The van der Waals surface area contributed by atoms with E-state index in [1.54, 1.807) is 35.7 Å². The summed E-state index contributed by atoms with van der Waals surface area (Å²) in [6.45, 7) is 2.58. The van der Waals surface area contributed by atoms with Gasteiger partial charge >= 0.3 is 0 Å². The first-order valence-electron chi connectivity index (χ1n) is 5.80. The number of carbonyl (C=O) groups excluding carboxylic acids is 1. The first-order valence-corrected chi connectivity index (χ1v) is 7.48. The summed E-state index contributed by atoms with van der Waals surface area (Å²) < 4.78 is 0.737. The number of amides is 1. The van der Waals surface area contributed by atoms with E-state index in [0.29, 0.717) is 17.8 Å². The Morgan fingerprint density at radius 2 is 2.37 bits per heavy atom. The van der Waals surface area contributed by atoms with Gasteiger partial charge < -0.3 is 11.1 Å². The molecule has 0 spiro atoms. The van der Waals surface area contributed by atoms with E-state index in [4.69, 9.17) is 5.73 Å². The van der Waals surface area contributed by atoms with Crippen molar-refractivity contribution < 1.29 is 4.79 Å². The van der Waals surface area contributed by atoms with E-state index in [0.717, 1.165) is 9.48 Å². The molecule has 0 aliphatic rings. The number of anilines is 1. The van der Waals surface area contributed by atoms with Gasteiger partial charge in [0.25, 0.3) is 5.91 Å². The Balaban J connectivity index is 2.00. The number of aromatic nitrogens is 1. The quantitative estimate of drug-likeness (QED) is 0.841. The minimum absolute atomic E-state index is 0.136. The average molecular weight is 340 g/mol. The number of rotatable bonds is 4. The Kier molecular flexibility index (Phi) is 4.55. The van der Waals surface area contributed by atoms with Crippen molar-refractivity contribution in [2.75, 3.05) is 12.3 Å². The zero-order valence-electron chi connectivity index (χ0n) is 10.4. The summed E-state index contributed by atoms with van der Waals surface area (Å²) in [5.41, 5.74) is 6.81. The lowest BCUT2D eigenvalue weighted by Gasteiger charge is -2.11. The fraction of sp³-hybridized carbons (Fsp3) is 0.231. The number of nitrogens with two attached hydrogens (primary N) is 1. The SMILES string of the molecule is CC(CNC(=O)c1cc(N)ccc1Br)c1nccs1. The number of hydrogen-bond donors (Lipinski definition) is 2. The van der Waals surface area contributed by atoms with Gasteiger partial charge in [-0.2, -0.15) is 0 Å². The number of benzene rings is 1. The van der Waals surface area contributed by atoms with Gasteiger partial charge in [-0.25, -0.2) is 4.98 Å². The maximum absolute atomic E-state index is 12.1. The summed E-state index contributed by atoms with van der Waals surface area (Å²) in [4.78, 5) is 16.3. The van der Waals surface area contributed by atoms with Crippen LogP contribution in [0.2, 0.25) is 0 Å². The molecule has 1 amide bonds. The van der Waals surface area contributed by atoms with E-state index < -0.39 is 0 Å². The molecule has 100 valence electrons. The molecule has 0 bridgehead atoms. The smallest absolute Gasteiger partial charge is 0.252 e.